The average Bonchev–Trinajstić information content (AvgIpc) is 3.13. The lowest BCUT2D eigenvalue weighted by Crippen LogP contribution is -2.29. The van der Waals surface area contributed by atoms with E-state index in [0.29, 0.717) is 6.42 Å². The highest BCUT2D eigenvalue weighted by Crippen LogP contribution is 2.36. The van der Waals surface area contributed by atoms with Gasteiger partial charge in [-0.3, -0.25) is 14.1 Å². The second-order valence-electron chi connectivity index (χ2n) is 14.7. The van der Waals surface area contributed by atoms with Crippen LogP contribution in [0, 0.1) is 0 Å². The van der Waals surface area contributed by atoms with E-state index in [1.54, 1.807) is 0 Å². The van der Waals surface area contributed by atoms with Crippen molar-refractivity contribution in [3.63, 3.8) is 0 Å². The van der Waals surface area contributed by atoms with E-state index >= 15 is 0 Å². The summed E-state index contributed by atoms with van der Waals surface area (Å²) in [6, 6.07) is 0. The van der Waals surface area contributed by atoms with Crippen LogP contribution in [0.4, 0.5) is 0 Å². The van der Waals surface area contributed by atoms with Crippen molar-refractivity contribution in [3.05, 3.63) is 36.5 Å². The van der Waals surface area contributed by atoms with Gasteiger partial charge in [-0.25, -0.2) is 4.57 Å². The number of hydrogen-bond donors (Lipinski definition) is 2. The molecule has 0 aliphatic heterocycles. The van der Waals surface area contributed by atoms with Crippen LogP contribution < -0.4 is 0 Å². The van der Waals surface area contributed by atoms with Crippen molar-refractivity contribution in [2.45, 2.75) is 219 Å². The van der Waals surface area contributed by atoms with Gasteiger partial charge in [0.05, 0.1) is 6.61 Å². The quantitative estimate of drug-likeness (QED) is 0.0274. The zero-order valence-electron chi connectivity index (χ0n) is 34.2. The Balaban J connectivity index is 3.92. The van der Waals surface area contributed by atoms with Crippen molar-refractivity contribution in [1.29, 1.82) is 0 Å². The Morgan fingerprint density at radius 1 is 0.491 bits per heavy atom. The zero-order chi connectivity index (χ0) is 38.9. The molecule has 8 nitrogen and oxygen atoms in total. The van der Waals surface area contributed by atoms with E-state index in [9.17, 15) is 14.2 Å². The molecule has 1 atom stereocenters. The van der Waals surface area contributed by atoms with E-state index in [-0.39, 0.29) is 19.4 Å². The lowest BCUT2D eigenvalue weighted by atomic mass is 10.0. The second-order valence-corrected chi connectivity index (χ2v) is 15.9. The molecule has 0 spiro atoms. The minimum atomic E-state index is -4.76. The molecule has 0 aromatic carbocycles. The summed E-state index contributed by atoms with van der Waals surface area (Å²) in [5, 5.41) is 0. The predicted molar refractivity (Wildman–Crippen MR) is 221 cm³/mol. The Kier molecular flexibility index (Phi) is 38.6. The monoisotopic (exact) mass is 769 g/mol. The largest absolute Gasteiger partial charge is 0.469 e. The molecule has 53 heavy (non-hydrogen) atoms. The molecule has 0 aliphatic rings. The number of carbonyl (C=O) groups excluding carboxylic acids is 2. The first-order valence-electron chi connectivity index (χ1n) is 21.8. The van der Waals surface area contributed by atoms with E-state index in [1.165, 1.54) is 122 Å². The molecule has 0 aliphatic carbocycles. The van der Waals surface area contributed by atoms with Gasteiger partial charge in [-0.1, -0.05) is 185 Å². The highest BCUT2D eigenvalue weighted by atomic mass is 31.2. The Morgan fingerprint density at radius 3 is 1.30 bits per heavy atom. The molecule has 0 unspecified atom stereocenters. The number of ether oxygens (including phenoxy) is 2. The van der Waals surface area contributed by atoms with Gasteiger partial charge in [-0.05, 0) is 51.4 Å². The third kappa shape index (κ3) is 42.9. The maximum atomic E-state index is 12.4. The third-order valence-corrected chi connectivity index (χ3v) is 9.90. The lowest BCUT2D eigenvalue weighted by molar-refractivity contribution is -0.161. The van der Waals surface area contributed by atoms with Gasteiger partial charge in [0.2, 0.25) is 0 Å². The van der Waals surface area contributed by atoms with E-state index in [2.05, 4.69) is 54.8 Å². The van der Waals surface area contributed by atoms with Gasteiger partial charge < -0.3 is 19.3 Å². The summed E-state index contributed by atoms with van der Waals surface area (Å²) in [6.07, 6.45) is 47.2. The SMILES string of the molecule is CCCCC/C=C/C/C=C/C/C=C/CCCCCCC(=O)O[C@H](COC(=O)CCCCCCCCCCCCCCCCCCCC)COP(=O)(O)O. The molecule has 9 heteroatoms. The maximum Gasteiger partial charge on any atom is 0.469 e. The van der Waals surface area contributed by atoms with Gasteiger partial charge >= 0.3 is 19.8 Å². The maximum absolute atomic E-state index is 12.4. The molecule has 2 N–H and O–H groups in total. The molecular weight excluding hydrogens is 687 g/mol. The highest BCUT2D eigenvalue weighted by molar-refractivity contribution is 7.46. The lowest BCUT2D eigenvalue weighted by Gasteiger charge is -2.18. The summed E-state index contributed by atoms with van der Waals surface area (Å²) in [5.41, 5.74) is 0. The molecule has 0 saturated carbocycles. The minimum Gasteiger partial charge on any atom is -0.462 e. The molecule has 0 amide bonds. The molecule has 0 saturated heterocycles. The number of carbonyl (C=O) groups is 2. The molecule has 0 fully saturated rings. The number of allylic oxidation sites excluding steroid dienone is 6. The fourth-order valence-electron chi connectivity index (χ4n) is 6.15. The fraction of sp³-hybridized carbons (Fsp3) is 0.818. The van der Waals surface area contributed by atoms with Crippen LogP contribution in [0.25, 0.3) is 0 Å². The van der Waals surface area contributed by atoms with Crippen molar-refractivity contribution in [2.24, 2.45) is 0 Å². The summed E-state index contributed by atoms with van der Waals surface area (Å²) < 4.78 is 26.4. The van der Waals surface area contributed by atoms with E-state index < -0.39 is 32.5 Å². The van der Waals surface area contributed by atoms with Crippen LogP contribution in [-0.4, -0.2) is 41.0 Å². The Hall–Kier alpha value is -1.73. The number of unbranched alkanes of at least 4 members (excludes halogenated alkanes) is 24. The van der Waals surface area contributed by atoms with Crippen LogP contribution >= 0.6 is 7.82 Å². The number of esters is 2. The molecule has 0 rings (SSSR count). The van der Waals surface area contributed by atoms with Crippen molar-refractivity contribution in [2.75, 3.05) is 13.2 Å². The summed E-state index contributed by atoms with van der Waals surface area (Å²) >= 11 is 0. The minimum absolute atomic E-state index is 0.188. The first-order chi connectivity index (χ1) is 25.8. The van der Waals surface area contributed by atoms with Crippen LogP contribution in [-0.2, 0) is 28.2 Å². The summed E-state index contributed by atoms with van der Waals surface area (Å²) in [5.74, 6) is -0.902. The van der Waals surface area contributed by atoms with Gasteiger partial charge in [-0.15, -0.1) is 0 Å². The Labute approximate surface area is 325 Å². The smallest absolute Gasteiger partial charge is 0.462 e. The normalized spacial score (nSPS) is 12.8. The molecule has 0 aromatic rings. The van der Waals surface area contributed by atoms with Gasteiger partial charge in [-0.2, -0.15) is 0 Å². The standard InChI is InChI=1S/C44H81O8P/c1-3-5-7-9-11-13-15-17-19-21-23-24-26-28-30-32-34-36-38-43(45)50-40-42(41-51-53(47,48)49)52-44(46)39-37-35-33-31-29-27-25-22-20-18-16-14-12-10-8-6-4-2/h12,14,18,20,25,27,42H,3-11,13,15-17,19,21-24,26,28-41H2,1-2H3,(H2,47,48,49)/b14-12+,20-18+,27-25+/t42-/m1/s1. The van der Waals surface area contributed by atoms with Crippen molar-refractivity contribution in [3.8, 4) is 0 Å². The van der Waals surface area contributed by atoms with Gasteiger partial charge in [0.15, 0.2) is 6.10 Å². The van der Waals surface area contributed by atoms with E-state index in [4.69, 9.17) is 19.3 Å². The van der Waals surface area contributed by atoms with Crippen molar-refractivity contribution < 1.29 is 37.9 Å². The molecule has 0 radical (unpaired) electrons. The first-order valence-corrected chi connectivity index (χ1v) is 23.3. The van der Waals surface area contributed by atoms with Gasteiger partial charge in [0.25, 0.3) is 0 Å². The van der Waals surface area contributed by atoms with Gasteiger partial charge in [0, 0.05) is 12.8 Å². The van der Waals surface area contributed by atoms with Crippen LogP contribution in [0.1, 0.15) is 213 Å². The summed E-state index contributed by atoms with van der Waals surface area (Å²) in [4.78, 5) is 42.9. The number of phosphoric ester groups is 1. The average molecular weight is 769 g/mol. The van der Waals surface area contributed by atoms with Gasteiger partial charge in [0.1, 0.15) is 6.61 Å². The molecule has 0 bridgehead atoms. The molecule has 0 heterocycles. The molecule has 0 aromatic heterocycles. The number of rotatable bonds is 40. The van der Waals surface area contributed by atoms with E-state index in [0.717, 1.165) is 57.8 Å². The predicted octanol–water partition coefficient (Wildman–Crippen LogP) is 13.4. The van der Waals surface area contributed by atoms with Crippen LogP contribution in [0.15, 0.2) is 36.5 Å². The van der Waals surface area contributed by atoms with Crippen LogP contribution in [0.2, 0.25) is 0 Å². The summed E-state index contributed by atoms with van der Waals surface area (Å²) in [6.45, 7) is 3.66. The number of phosphoric acid groups is 1. The molecule has 310 valence electrons. The van der Waals surface area contributed by atoms with E-state index in [1.807, 2.05) is 0 Å². The third-order valence-electron chi connectivity index (χ3n) is 9.41. The Morgan fingerprint density at radius 2 is 0.849 bits per heavy atom. The number of hydrogen-bond acceptors (Lipinski definition) is 6. The first kappa shape index (κ1) is 51.3. The van der Waals surface area contributed by atoms with Crippen LogP contribution in [0.3, 0.4) is 0 Å². The van der Waals surface area contributed by atoms with Crippen LogP contribution in [0.5, 0.6) is 0 Å². The fourth-order valence-corrected chi connectivity index (χ4v) is 6.51. The van der Waals surface area contributed by atoms with Crippen molar-refractivity contribution in [1.82, 2.24) is 0 Å². The second kappa shape index (κ2) is 39.9. The van der Waals surface area contributed by atoms with Crippen molar-refractivity contribution >= 4 is 19.8 Å². The molecular formula is C44H81O8P. The topological polar surface area (TPSA) is 119 Å². The highest BCUT2D eigenvalue weighted by Gasteiger charge is 2.22. The Bertz CT molecular complexity index is 957. The zero-order valence-corrected chi connectivity index (χ0v) is 35.1. The summed E-state index contributed by atoms with van der Waals surface area (Å²) in [7, 11) is -4.76.